The highest BCUT2D eigenvalue weighted by atomic mass is 16.4. The maximum absolute atomic E-state index is 10.9. The van der Waals surface area contributed by atoms with Gasteiger partial charge < -0.3 is 20.7 Å². The quantitative estimate of drug-likeness (QED) is 0.429. The molecule has 1 aliphatic rings. The van der Waals surface area contributed by atoms with Crippen LogP contribution in [-0.2, 0) is 9.59 Å². The minimum absolute atomic E-state index is 0.0786. The SMILES string of the molecule is [NH3+][C@@H]1CC(C(=O)[O-])=CC(=O)[C@H]1O. The van der Waals surface area contributed by atoms with Crippen molar-refractivity contribution < 1.29 is 25.5 Å². The third kappa shape index (κ3) is 1.51. The third-order valence-electron chi connectivity index (χ3n) is 1.80. The first-order valence-electron chi connectivity index (χ1n) is 3.49. The lowest BCUT2D eigenvalue weighted by Crippen LogP contribution is -2.69. The van der Waals surface area contributed by atoms with Crippen molar-refractivity contribution in [2.45, 2.75) is 18.6 Å². The lowest BCUT2D eigenvalue weighted by atomic mass is 9.92. The Balaban J connectivity index is 2.89. The number of rotatable bonds is 1. The Morgan fingerprint density at radius 1 is 1.75 bits per heavy atom. The number of hydrogen-bond acceptors (Lipinski definition) is 4. The molecule has 0 spiro atoms. The molecule has 12 heavy (non-hydrogen) atoms. The van der Waals surface area contributed by atoms with E-state index >= 15 is 0 Å². The topological polar surface area (TPSA) is 105 Å². The number of carbonyl (C=O) groups excluding carboxylic acids is 2. The van der Waals surface area contributed by atoms with Crippen LogP contribution in [0.2, 0.25) is 0 Å². The van der Waals surface area contributed by atoms with Crippen LogP contribution in [0.3, 0.4) is 0 Å². The summed E-state index contributed by atoms with van der Waals surface area (Å²) in [5, 5.41) is 19.4. The second kappa shape index (κ2) is 3.04. The highest BCUT2D eigenvalue weighted by Gasteiger charge is 2.30. The highest BCUT2D eigenvalue weighted by Crippen LogP contribution is 2.12. The number of aliphatic hydroxyl groups excluding tert-OH is 1. The molecule has 0 radical (unpaired) electrons. The second-order valence-corrected chi connectivity index (χ2v) is 2.77. The summed E-state index contributed by atoms with van der Waals surface area (Å²) in [6, 6.07) is -0.588. The molecule has 1 aliphatic carbocycles. The summed E-state index contributed by atoms with van der Waals surface area (Å²) in [6.45, 7) is 0. The Bertz CT molecular complexity index is 258. The van der Waals surface area contributed by atoms with Crippen molar-refractivity contribution in [1.82, 2.24) is 0 Å². The summed E-state index contributed by atoms with van der Waals surface area (Å²) in [4.78, 5) is 21.2. The molecule has 0 bridgehead atoms. The first-order valence-corrected chi connectivity index (χ1v) is 3.49. The van der Waals surface area contributed by atoms with Crippen LogP contribution in [0.4, 0.5) is 0 Å². The van der Waals surface area contributed by atoms with Crippen LogP contribution >= 0.6 is 0 Å². The molecule has 0 amide bonds. The summed E-state index contributed by atoms with van der Waals surface area (Å²) < 4.78 is 0. The Kier molecular flexibility index (Phi) is 2.25. The molecule has 0 saturated heterocycles. The first kappa shape index (κ1) is 8.89. The standard InChI is InChI=1S/C7H9NO4/c8-4-1-3(7(11)12)2-5(9)6(4)10/h2,4,6,10H,1,8H2,(H,11,12)/t4-,6+/m1/s1. The zero-order chi connectivity index (χ0) is 9.30. The van der Waals surface area contributed by atoms with E-state index in [0.717, 1.165) is 6.08 Å². The fraction of sp³-hybridized carbons (Fsp3) is 0.429. The van der Waals surface area contributed by atoms with Crippen LogP contribution in [-0.4, -0.2) is 29.0 Å². The van der Waals surface area contributed by atoms with Gasteiger partial charge in [-0.15, -0.1) is 0 Å². The van der Waals surface area contributed by atoms with Crippen molar-refractivity contribution in [3.05, 3.63) is 11.6 Å². The summed E-state index contributed by atoms with van der Waals surface area (Å²) in [7, 11) is 0. The molecular formula is C7H9NO4. The fourth-order valence-corrected chi connectivity index (χ4v) is 1.08. The molecule has 2 atom stereocenters. The van der Waals surface area contributed by atoms with E-state index in [-0.39, 0.29) is 12.0 Å². The van der Waals surface area contributed by atoms with Crippen molar-refractivity contribution in [3.63, 3.8) is 0 Å². The lowest BCUT2D eigenvalue weighted by molar-refractivity contribution is -0.433. The molecule has 0 aromatic heterocycles. The van der Waals surface area contributed by atoms with Gasteiger partial charge in [-0.2, -0.15) is 0 Å². The zero-order valence-corrected chi connectivity index (χ0v) is 6.32. The number of carboxylic acids is 1. The molecule has 0 heterocycles. The van der Waals surface area contributed by atoms with E-state index in [9.17, 15) is 14.7 Å². The van der Waals surface area contributed by atoms with E-state index in [0.29, 0.717) is 0 Å². The Hall–Kier alpha value is -1.20. The van der Waals surface area contributed by atoms with Gasteiger partial charge in [0.05, 0.1) is 5.97 Å². The molecule has 0 aliphatic heterocycles. The van der Waals surface area contributed by atoms with E-state index < -0.39 is 23.9 Å². The molecule has 4 N–H and O–H groups in total. The fourth-order valence-electron chi connectivity index (χ4n) is 1.08. The van der Waals surface area contributed by atoms with E-state index in [4.69, 9.17) is 5.11 Å². The monoisotopic (exact) mass is 171 g/mol. The summed E-state index contributed by atoms with van der Waals surface area (Å²) in [5.41, 5.74) is 3.37. The second-order valence-electron chi connectivity index (χ2n) is 2.77. The molecule has 0 fully saturated rings. The van der Waals surface area contributed by atoms with Crippen molar-refractivity contribution in [2.24, 2.45) is 0 Å². The maximum atomic E-state index is 10.9. The van der Waals surface area contributed by atoms with Crippen molar-refractivity contribution in [2.75, 3.05) is 0 Å². The number of carbonyl (C=O) groups is 2. The van der Waals surface area contributed by atoms with E-state index in [1.165, 1.54) is 0 Å². The van der Waals surface area contributed by atoms with Gasteiger partial charge in [-0.1, -0.05) is 0 Å². The van der Waals surface area contributed by atoms with Gasteiger partial charge in [0.15, 0.2) is 11.9 Å². The van der Waals surface area contributed by atoms with Gasteiger partial charge in [0.1, 0.15) is 6.04 Å². The highest BCUT2D eigenvalue weighted by molar-refractivity contribution is 6.02. The van der Waals surface area contributed by atoms with E-state index in [1.54, 1.807) is 0 Å². The molecule has 5 nitrogen and oxygen atoms in total. The number of quaternary nitrogens is 1. The van der Waals surface area contributed by atoms with Gasteiger partial charge in [-0.05, 0) is 11.6 Å². The van der Waals surface area contributed by atoms with Crippen LogP contribution in [0, 0.1) is 0 Å². The molecular weight excluding hydrogens is 162 g/mol. The molecule has 66 valence electrons. The van der Waals surface area contributed by atoms with Crippen molar-refractivity contribution in [1.29, 1.82) is 0 Å². The molecule has 0 aromatic carbocycles. The third-order valence-corrected chi connectivity index (χ3v) is 1.80. The lowest BCUT2D eigenvalue weighted by Gasteiger charge is -2.20. The van der Waals surface area contributed by atoms with Crippen LogP contribution < -0.4 is 10.8 Å². The van der Waals surface area contributed by atoms with Crippen molar-refractivity contribution in [3.8, 4) is 0 Å². The predicted octanol–water partition coefficient (Wildman–Crippen LogP) is -3.39. The summed E-state index contributed by atoms with van der Waals surface area (Å²) in [6.07, 6.45) is -0.190. The smallest absolute Gasteiger partial charge is 0.190 e. The van der Waals surface area contributed by atoms with E-state index in [2.05, 4.69) is 5.73 Å². The van der Waals surface area contributed by atoms with Gasteiger partial charge in [0.25, 0.3) is 0 Å². The number of carboxylic acid groups (broad SMARTS) is 1. The van der Waals surface area contributed by atoms with E-state index in [1.807, 2.05) is 0 Å². The number of aliphatic carboxylic acids is 1. The van der Waals surface area contributed by atoms with Gasteiger partial charge in [-0.25, -0.2) is 0 Å². The molecule has 0 unspecified atom stereocenters. The van der Waals surface area contributed by atoms with Crippen LogP contribution in [0.5, 0.6) is 0 Å². The average Bonchev–Trinajstić information content (AvgIpc) is 1.99. The Morgan fingerprint density at radius 2 is 2.33 bits per heavy atom. The Labute approximate surface area is 68.5 Å². The van der Waals surface area contributed by atoms with Gasteiger partial charge in [0.2, 0.25) is 0 Å². The molecule has 1 rings (SSSR count). The number of hydrogen-bond donors (Lipinski definition) is 2. The molecule has 0 saturated carbocycles. The molecule has 0 aromatic rings. The van der Waals surface area contributed by atoms with Gasteiger partial charge in [0, 0.05) is 6.42 Å². The minimum atomic E-state index is -1.37. The first-order chi connectivity index (χ1) is 5.52. The van der Waals surface area contributed by atoms with Crippen LogP contribution in [0.1, 0.15) is 6.42 Å². The molecule has 5 heteroatoms. The van der Waals surface area contributed by atoms with Crippen molar-refractivity contribution >= 4 is 11.8 Å². The summed E-state index contributed by atoms with van der Waals surface area (Å²) >= 11 is 0. The average molecular weight is 171 g/mol. The number of ketones is 1. The predicted molar refractivity (Wildman–Crippen MR) is 35.4 cm³/mol. The van der Waals surface area contributed by atoms with Gasteiger partial charge >= 0.3 is 0 Å². The van der Waals surface area contributed by atoms with Crippen LogP contribution in [0.25, 0.3) is 0 Å². The van der Waals surface area contributed by atoms with Crippen LogP contribution in [0.15, 0.2) is 11.6 Å². The zero-order valence-electron chi connectivity index (χ0n) is 6.32. The summed E-state index contributed by atoms with van der Waals surface area (Å²) in [5.74, 6) is -1.98. The maximum Gasteiger partial charge on any atom is 0.190 e. The minimum Gasteiger partial charge on any atom is -0.545 e. The largest absolute Gasteiger partial charge is 0.545 e. The van der Waals surface area contributed by atoms with Gasteiger partial charge in [-0.3, -0.25) is 4.79 Å². The normalized spacial score (nSPS) is 29.8. The Morgan fingerprint density at radius 3 is 2.75 bits per heavy atom. The number of aliphatic hydroxyl groups is 1.